The largest absolute Gasteiger partial charge is 0.456 e. The molecule has 6 rings (SSSR count). The van der Waals surface area contributed by atoms with Crippen LogP contribution in [0.1, 0.15) is 138 Å². The van der Waals surface area contributed by atoms with E-state index in [1.165, 1.54) is 13.8 Å². The number of aliphatic hydroxyl groups excluding tert-OH is 1. The van der Waals surface area contributed by atoms with Crippen molar-refractivity contribution in [2.24, 2.45) is 22.7 Å². The molecular formula is C49H71NO15. The topological polar surface area (TPSA) is 212 Å². The van der Waals surface area contributed by atoms with Crippen molar-refractivity contribution >= 4 is 30.0 Å². The molecule has 0 spiro atoms. The van der Waals surface area contributed by atoms with Crippen LogP contribution in [-0.4, -0.2) is 119 Å². The molecule has 2 saturated heterocycles. The highest BCUT2D eigenvalue weighted by Gasteiger charge is 2.79. The van der Waals surface area contributed by atoms with E-state index in [-0.39, 0.29) is 30.9 Å². The lowest BCUT2D eigenvalue weighted by atomic mass is 9.44. The number of carbonyl (C=O) groups excluding carboxylic acids is 5. The molecule has 65 heavy (non-hydrogen) atoms. The van der Waals surface area contributed by atoms with Gasteiger partial charge in [0, 0.05) is 37.5 Å². The average Bonchev–Trinajstić information content (AvgIpc) is 3.19. The van der Waals surface area contributed by atoms with Gasteiger partial charge in [-0.05, 0) is 76.2 Å². The molecule has 0 aromatic heterocycles. The van der Waals surface area contributed by atoms with Gasteiger partial charge in [0.1, 0.15) is 35.6 Å². The molecule has 0 unspecified atom stereocenters. The zero-order chi connectivity index (χ0) is 48.0. The molecule has 16 heteroatoms. The first-order chi connectivity index (χ1) is 30.3. The van der Waals surface area contributed by atoms with Crippen LogP contribution < -0.4 is 5.32 Å². The molecule has 13 atom stereocenters. The molecule has 362 valence electrons. The maximum absolute atomic E-state index is 14.6. The summed E-state index contributed by atoms with van der Waals surface area (Å²) in [5.41, 5.74) is -6.44. The van der Waals surface area contributed by atoms with Crippen LogP contribution in [0.25, 0.3) is 0 Å². The Bertz CT molecular complexity index is 1980. The quantitative estimate of drug-likeness (QED) is 0.0813. The number of hydrogen-bond acceptors (Lipinski definition) is 15. The maximum Gasteiger partial charge on any atom is 0.407 e. The monoisotopic (exact) mass is 913 g/mol. The van der Waals surface area contributed by atoms with Gasteiger partial charge in [-0.3, -0.25) is 9.59 Å². The van der Waals surface area contributed by atoms with Crippen LogP contribution in [0.3, 0.4) is 0 Å². The van der Waals surface area contributed by atoms with Crippen molar-refractivity contribution in [3.8, 4) is 0 Å². The lowest BCUT2D eigenvalue weighted by Crippen LogP contribution is -2.83. The van der Waals surface area contributed by atoms with E-state index in [0.29, 0.717) is 17.6 Å². The smallest absolute Gasteiger partial charge is 0.407 e. The number of unbranched alkanes of at least 4 members (excludes halogenated alkanes) is 2. The van der Waals surface area contributed by atoms with Crippen molar-refractivity contribution < 1.29 is 72.1 Å². The lowest BCUT2D eigenvalue weighted by Gasteiger charge is -2.71. The second-order valence-electron chi connectivity index (χ2n) is 20.9. The summed E-state index contributed by atoms with van der Waals surface area (Å²) in [5, 5.41) is 28.3. The average molecular weight is 914 g/mol. The number of hydrogen-bond donors (Lipinski definition) is 3. The first-order valence-corrected chi connectivity index (χ1v) is 23.2. The van der Waals surface area contributed by atoms with Crippen LogP contribution in [0, 0.1) is 22.7 Å². The van der Waals surface area contributed by atoms with Gasteiger partial charge in [0.2, 0.25) is 0 Å². The van der Waals surface area contributed by atoms with E-state index < -0.39 is 125 Å². The molecule has 16 nitrogen and oxygen atoms in total. The first kappa shape index (κ1) is 50.3. The van der Waals surface area contributed by atoms with Gasteiger partial charge in [-0.25, -0.2) is 14.4 Å². The van der Waals surface area contributed by atoms with Crippen LogP contribution >= 0.6 is 0 Å². The minimum absolute atomic E-state index is 0.0867. The van der Waals surface area contributed by atoms with Crippen molar-refractivity contribution in [1.29, 1.82) is 0 Å². The van der Waals surface area contributed by atoms with Crippen molar-refractivity contribution in [1.82, 2.24) is 5.32 Å². The van der Waals surface area contributed by atoms with E-state index in [1.807, 2.05) is 20.8 Å². The predicted molar refractivity (Wildman–Crippen MR) is 234 cm³/mol. The van der Waals surface area contributed by atoms with Crippen molar-refractivity contribution in [3.63, 3.8) is 0 Å². The summed E-state index contributed by atoms with van der Waals surface area (Å²) in [4.78, 5) is 68.6. The summed E-state index contributed by atoms with van der Waals surface area (Å²) < 4.78 is 51.3. The number of benzene rings is 1. The molecule has 3 N–H and O–H groups in total. The number of esters is 4. The number of ether oxygens (including phenoxy) is 8. The lowest BCUT2D eigenvalue weighted by molar-refractivity contribution is -0.411. The van der Waals surface area contributed by atoms with Gasteiger partial charge in [-0.1, -0.05) is 72.6 Å². The van der Waals surface area contributed by atoms with Crippen LogP contribution in [-0.2, 0) is 52.3 Å². The zero-order valence-corrected chi connectivity index (χ0v) is 40.1. The number of fused-ring (bicyclic) bond motifs is 4. The van der Waals surface area contributed by atoms with Gasteiger partial charge < -0.3 is 53.4 Å². The molecular weight excluding hydrogens is 843 g/mol. The second-order valence-corrected chi connectivity index (χ2v) is 20.9. The Morgan fingerprint density at radius 2 is 1.62 bits per heavy atom. The number of amides is 1. The molecule has 0 radical (unpaired) electrons. The van der Waals surface area contributed by atoms with Gasteiger partial charge in [0.05, 0.1) is 30.2 Å². The molecule has 1 amide bonds. The standard InChI is InChI=1S/C49H71NO15/c1-13-14-16-21-35-61-33-23-34-48(25-58-34,64-29(6)52)39-41(63-42(54)30-19-17-15-18-20-30)49(57)24-32(60-43(55)37(53)31(22-26(2)3)50-44(56)65-45(7,8)9)27(4)36(46(49,10)11)38(59-28(5)51)40(62-35)47(33,39)12/h15,17-20,26,31-35,37-41,53,57H,13-14,16,21-25H2,1-12H3,(H,50,56)/t31-,32-,33-,34+,35-,37+,38+,39-,40-,41-,47+,48-,49+/m0/s1. The minimum Gasteiger partial charge on any atom is -0.456 e. The highest BCUT2D eigenvalue weighted by molar-refractivity contribution is 5.89. The molecule has 2 bridgehead atoms. The summed E-state index contributed by atoms with van der Waals surface area (Å²) >= 11 is 0. The Hall–Kier alpha value is -4.09. The van der Waals surface area contributed by atoms with E-state index in [4.69, 9.17) is 37.9 Å². The molecule has 1 aromatic rings. The maximum atomic E-state index is 14.6. The highest BCUT2D eigenvalue weighted by Crippen LogP contribution is 2.67. The number of carbonyl (C=O) groups is 5. The highest BCUT2D eigenvalue weighted by atomic mass is 16.7. The molecule has 2 aliphatic heterocycles. The summed E-state index contributed by atoms with van der Waals surface area (Å²) in [6.45, 7) is 20.4. The Balaban J connectivity index is 1.57. The minimum atomic E-state index is -2.21. The number of aliphatic hydroxyl groups is 2. The van der Waals surface area contributed by atoms with Gasteiger partial charge in [-0.15, -0.1) is 0 Å². The van der Waals surface area contributed by atoms with Crippen molar-refractivity contribution in [2.75, 3.05) is 6.61 Å². The fraction of sp³-hybridized carbons (Fsp3) is 0.735. The Kier molecular flexibility index (Phi) is 14.6. The fourth-order valence-corrected chi connectivity index (χ4v) is 11.3. The Morgan fingerprint density at radius 1 is 0.938 bits per heavy atom. The fourth-order valence-electron chi connectivity index (χ4n) is 11.3. The first-order valence-electron chi connectivity index (χ1n) is 23.2. The van der Waals surface area contributed by atoms with E-state index in [2.05, 4.69) is 12.2 Å². The third-order valence-electron chi connectivity index (χ3n) is 14.3. The Morgan fingerprint density at radius 3 is 2.18 bits per heavy atom. The molecule has 2 heterocycles. The normalized spacial score (nSPS) is 34.5. The number of rotatable bonds is 14. The molecule has 3 aliphatic carbocycles. The summed E-state index contributed by atoms with van der Waals surface area (Å²) in [6.07, 6.45) is -7.09. The SMILES string of the molecule is CCCCC[C@H]1O[C@H]2C[C@H]3OC[C@@]3(OC(C)=O)[C@H]3[C@H](OC(=O)c4ccccc4)[C@]4(O)C[C@H](OC(=O)[C@H](O)[C@H](CC(C)C)NC(=O)OC(C)(C)C)C(C)=C([C@@H](OC(C)=O)[C@H](O1)[C@]23C)C4(C)C. The van der Waals surface area contributed by atoms with E-state index in [0.717, 1.165) is 19.3 Å². The number of alkyl carbamates (subject to hydrolysis) is 1. The van der Waals surface area contributed by atoms with Crippen LogP contribution in [0.2, 0.25) is 0 Å². The van der Waals surface area contributed by atoms with Gasteiger partial charge >= 0.3 is 30.0 Å². The summed E-state index contributed by atoms with van der Waals surface area (Å²) in [6, 6.07) is 7.14. The molecule has 1 aromatic carbocycles. The molecule has 5 aliphatic rings. The third kappa shape index (κ3) is 9.57. The van der Waals surface area contributed by atoms with E-state index >= 15 is 0 Å². The van der Waals surface area contributed by atoms with E-state index in [1.54, 1.807) is 71.9 Å². The van der Waals surface area contributed by atoms with Gasteiger partial charge in [0.15, 0.2) is 24.1 Å². The zero-order valence-electron chi connectivity index (χ0n) is 40.1. The summed E-state index contributed by atoms with van der Waals surface area (Å²) in [7, 11) is 0. The van der Waals surface area contributed by atoms with Gasteiger partial charge in [0.25, 0.3) is 0 Å². The van der Waals surface area contributed by atoms with Crippen molar-refractivity contribution in [2.45, 2.75) is 200 Å². The third-order valence-corrected chi connectivity index (χ3v) is 14.3. The van der Waals surface area contributed by atoms with Crippen LogP contribution in [0.15, 0.2) is 41.5 Å². The number of nitrogens with one attached hydrogen (secondary N) is 1. The Labute approximate surface area is 382 Å². The van der Waals surface area contributed by atoms with Crippen molar-refractivity contribution in [3.05, 3.63) is 47.0 Å². The predicted octanol–water partition coefficient (Wildman–Crippen LogP) is 6.26. The van der Waals surface area contributed by atoms with Gasteiger partial charge in [-0.2, -0.15) is 0 Å². The van der Waals surface area contributed by atoms with E-state index in [9.17, 15) is 34.2 Å². The van der Waals surface area contributed by atoms with Crippen LogP contribution in [0.4, 0.5) is 4.79 Å². The van der Waals surface area contributed by atoms with Crippen LogP contribution in [0.5, 0.6) is 0 Å². The second kappa shape index (κ2) is 18.9. The molecule has 2 saturated carbocycles. The summed E-state index contributed by atoms with van der Waals surface area (Å²) in [5.74, 6) is -4.43. The molecule has 4 fully saturated rings.